The highest BCUT2D eigenvalue weighted by Crippen LogP contribution is 2.67. The van der Waals surface area contributed by atoms with Crippen molar-refractivity contribution in [2.75, 3.05) is 13.1 Å². The predicted molar refractivity (Wildman–Crippen MR) is 208 cm³/mol. The van der Waals surface area contributed by atoms with E-state index in [1.54, 1.807) is 5.57 Å². The van der Waals surface area contributed by atoms with Crippen LogP contribution in [0.15, 0.2) is 11.6 Å². The molecule has 288 valence electrons. The van der Waals surface area contributed by atoms with E-state index in [1.807, 2.05) is 11.8 Å². The fourth-order valence-corrected chi connectivity index (χ4v) is 11.4. The number of rotatable bonds is 20. The van der Waals surface area contributed by atoms with E-state index in [0.29, 0.717) is 12.0 Å². The number of carbonyl (C=O) groups is 2. The number of hydrogen-bond donors (Lipinski definition) is 2. The third kappa shape index (κ3) is 10.8. The smallest absolute Gasteiger partial charge is 0.306 e. The Hall–Kier alpha value is -1.40. The molecule has 4 aliphatic carbocycles. The number of unbranched alkanes of at least 4 members (excludes halogenated alkanes) is 4. The molecule has 0 aromatic rings. The Labute approximate surface area is 308 Å². The van der Waals surface area contributed by atoms with Crippen molar-refractivity contribution in [3.05, 3.63) is 11.6 Å². The zero-order valence-corrected chi connectivity index (χ0v) is 33.7. The maximum absolute atomic E-state index is 13.2. The van der Waals surface area contributed by atoms with Crippen LogP contribution in [0.1, 0.15) is 177 Å². The van der Waals surface area contributed by atoms with Gasteiger partial charge in [-0.15, -0.1) is 0 Å². The number of nitrogens with zero attached hydrogens (tertiary/aromatic N) is 1. The van der Waals surface area contributed by atoms with E-state index >= 15 is 0 Å². The van der Waals surface area contributed by atoms with Crippen LogP contribution in [0, 0.1) is 46.3 Å². The van der Waals surface area contributed by atoms with Crippen LogP contribution in [-0.2, 0) is 14.3 Å². The van der Waals surface area contributed by atoms with Crippen LogP contribution in [-0.4, -0.2) is 48.1 Å². The van der Waals surface area contributed by atoms with Gasteiger partial charge in [0.05, 0.1) is 6.42 Å². The lowest BCUT2D eigenvalue weighted by Gasteiger charge is -2.58. The summed E-state index contributed by atoms with van der Waals surface area (Å²) in [5, 5.41) is 0. The van der Waals surface area contributed by atoms with Crippen LogP contribution >= 0.6 is 0 Å². The molecule has 3 fully saturated rings. The Kier molecular flexibility index (Phi) is 15.8. The molecule has 0 heterocycles. The van der Waals surface area contributed by atoms with Gasteiger partial charge in [0.15, 0.2) is 0 Å². The van der Waals surface area contributed by atoms with E-state index in [9.17, 15) is 9.59 Å². The Morgan fingerprint density at radius 3 is 2.24 bits per heavy atom. The van der Waals surface area contributed by atoms with Gasteiger partial charge >= 0.3 is 5.97 Å². The Morgan fingerprint density at radius 1 is 0.800 bits per heavy atom. The average Bonchev–Trinajstić information content (AvgIpc) is 3.41. The van der Waals surface area contributed by atoms with E-state index in [4.69, 9.17) is 16.2 Å². The molecule has 6 heteroatoms. The molecule has 4 N–H and O–H groups in total. The summed E-state index contributed by atoms with van der Waals surface area (Å²) >= 11 is 0. The summed E-state index contributed by atoms with van der Waals surface area (Å²) in [5.74, 6) is 4.82. The van der Waals surface area contributed by atoms with Gasteiger partial charge in [-0.1, -0.05) is 91.2 Å². The zero-order valence-electron chi connectivity index (χ0n) is 33.7. The van der Waals surface area contributed by atoms with Crippen molar-refractivity contribution < 1.29 is 14.3 Å². The lowest BCUT2D eigenvalue weighted by atomic mass is 9.47. The normalized spacial score (nSPS) is 32.4. The molecule has 3 unspecified atom stereocenters. The van der Waals surface area contributed by atoms with E-state index in [0.717, 1.165) is 87.0 Å². The molecule has 0 bridgehead atoms. The third-order valence-electron chi connectivity index (χ3n) is 14.4. The van der Waals surface area contributed by atoms with Crippen LogP contribution in [0.3, 0.4) is 0 Å². The van der Waals surface area contributed by atoms with E-state index in [1.165, 1.54) is 70.6 Å². The molecule has 0 aromatic heterocycles. The molecule has 0 aromatic carbocycles. The van der Waals surface area contributed by atoms with Crippen molar-refractivity contribution in [3.8, 4) is 0 Å². The summed E-state index contributed by atoms with van der Waals surface area (Å²) in [5.41, 5.74) is 14.2. The molecule has 4 rings (SSSR count). The van der Waals surface area contributed by atoms with E-state index in [-0.39, 0.29) is 48.3 Å². The number of carbonyl (C=O) groups excluding carboxylic acids is 2. The molecule has 1 amide bonds. The van der Waals surface area contributed by atoms with Gasteiger partial charge in [0.2, 0.25) is 5.91 Å². The molecule has 50 heavy (non-hydrogen) atoms. The number of allylic oxidation sites excluding steroid dienone is 1. The van der Waals surface area contributed by atoms with Crippen molar-refractivity contribution in [1.82, 2.24) is 4.90 Å². The minimum absolute atomic E-state index is 0.0520. The van der Waals surface area contributed by atoms with Crippen molar-refractivity contribution in [1.29, 1.82) is 0 Å². The van der Waals surface area contributed by atoms with Crippen LogP contribution in [0.25, 0.3) is 0 Å². The van der Waals surface area contributed by atoms with Gasteiger partial charge in [-0.3, -0.25) is 9.59 Å². The first-order chi connectivity index (χ1) is 23.7. The highest BCUT2D eigenvalue weighted by Gasteiger charge is 2.59. The molecule has 0 aliphatic heterocycles. The summed E-state index contributed by atoms with van der Waals surface area (Å²) in [6.45, 7) is 18.0. The van der Waals surface area contributed by atoms with Gasteiger partial charge in [0.25, 0.3) is 0 Å². The van der Waals surface area contributed by atoms with Crippen molar-refractivity contribution in [3.63, 3.8) is 0 Å². The van der Waals surface area contributed by atoms with Gasteiger partial charge in [-0.2, -0.15) is 0 Å². The maximum atomic E-state index is 13.2. The first kappa shape index (κ1) is 41.4. The van der Waals surface area contributed by atoms with Crippen LogP contribution in [0.5, 0.6) is 0 Å². The zero-order chi connectivity index (χ0) is 36.5. The predicted octanol–water partition coefficient (Wildman–Crippen LogP) is 9.97. The van der Waals surface area contributed by atoms with Gasteiger partial charge in [-0.25, -0.2) is 0 Å². The lowest BCUT2D eigenvalue weighted by Crippen LogP contribution is -2.51. The van der Waals surface area contributed by atoms with Crippen molar-refractivity contribution in [2.45, 2.75) is 195 Å². The first-order valence-corrected chi connectivity index (χ1v) is 21.4. The van der Waals surface area contributed by atoms with Gasteiger partial charge < -0.3 is 21.1 Å². The Morgan fingerprint density at radius 2 is 1.52 bits per heavy atom. The minimum atomic E-state index is -0.213. The van der Waals surface area contributed by atoms with Crippen molar-refractivity contribution >= 4 is 11.9 Å². The summed E-state index contributed by atoms with van der Waals surface area (Å²) in [6.07, 6.45) is 24.3. The number of hydrogen-bond acceptors (Lipinski definition) is 5. The molecule has 10 atom stereocenters. The molecule has 0 spiro atoms. The number of amides is 1. The van der Waals surface area contributed by atoms with Crippen LogP contribution in [0.2, 0.25) is 0 Å². The highest BCUT2D eigenvalue weighted by molar-refractivity contribution is 5.81. The lowest BCUT2D eigenvalue weighted by molar-refractivity contribution is -0.153. The molecule has 3 saturated carbocycles. The van der Waals surface area contributed by atoms with Crippen molar-refractivity contribution in [2.24, 2.45) is 57.8 Å². The fraction of sp³-hybridized carbons (Fsp3) is 0.909. The topological polar surface area (TPSA) is 98.7 Å². The fourth-order valence-electron chi connectivity index (χ4n) is 11.4. The van der Waals surface area contributed by atoms with Gasteiger partial charge in [-0.05, 0) is 124 Å². The molecule has 0 radical (unpaired) electrons. The first-order valence-electron chi connectivity index (χ1n) is 21.4. The Balaban J connectivity index is 1.25. The largest absolute Gasteiger partial charge is 0.462 e. The van der Waals surface area contributed by atoms with Gasteiger partial charge in [0.1, 0.15) is 6.10 Å². The summed E-state index contributed by atoms with van der Waals surface area (Å²) in [6, 6.07) is 0.325. The second-order valence-corrected chi connectivity index (χ2v) is 18.8. The summed E-state index contributed by atoms with van der Waals surface area (Å²) in [4.78, 5) is 28.3. The number of fused-ring (bicyclic) bond motifs is 5. The maximum Gasteiger partial charge on any atom is 0.306 e. The molecule has 4 aliphatic rings. The quantitative estimate of drug-likeness (QED) is 0.0750. The van der Waals surface area contributed by atoms with Crippen LogP contribution < -0.4 is 11.5 Å². The highest BCUT2D eigenvalue weighted by atomic mass is 16.5. The summed E-state index contributed by atoms with van der Waals surface area (Å²) < 4.78 is 6.10. The SMILES string of the molecule is CC(C)CCCC(C)[C@H]1CC[C@H]2[C@@H]3CC=C4C[C@@H](OC(=O)CCC(=O)N(CCCCCCCC(C)N)CCC(C)N)CC[C@]4(C)[C@H]3CC[C@]12C. The van der Waals surface area contributed by atoms with E-state index < -0.39 is 0 Å². The van der Waals surface area contributed by atoms with Crippen LogP contribution in [0.4, 0.5) is 0 Å². The number of esters is 1. The standard InChI is InChI=1S/C44H79N3O3/c1-31(2)14-13-15-32(3)38-19-20-39-37-18-17-35-30-36(23-26-43(35,6)40(37)24-27-44(38,39)7)50-42(49)22-21-41(48)47(29-25-34(5)46)28-12-10-8-9-11-16-33(4)45/h17,31-34,36-40H,8-16,18-30,45-46H2,1-7H3/t32?,33?,34?,36-,37-,38+,39-,40-,43-,44+/m0/s1. The molecule has 0 saturated heterocycles. The Bertz CT molecular complexity index is 1100. The molecular weight excluding hydrogens is 619 g/mol. The third-order valence-corrected chi connectivity index (χ3v) is 14.4. The molecular formula is C44H79N3O3. The second-order valence-electron chi connectivity index (χ2n) is 18.8. The monoisotopic (exact) mass is 698 g/mol. The minimum Gasteiger partial charge on any atom is -0.462 e. The number of nitrogens with two attached hydrogens (primary N) is 2. The second kappa shape index (κ2) is 19.1. The van der Waals surface area contributed by atoms with E-state index in [2.05, 4.69) is 47.6 Å². The molecule has 6 nitrogen and oxygen atoms in total. The number of ether oxygens (including phenoxy) is 1. The van der Waals surface area contributed by atoms with Gasteiger partial charge in [0, 0.05) is 38.0 Å². The summed E-state index contributed by atoms with van der Waals surface area (Å²) in [7, 11) is 0. The average molecular weight is 698 g/mol.